The van der Waals surface area contributed by atoms with Crippen LogP contribution in [0.2, 0.25) is 5.02 Å². The van der Waals surface area contributed by atoms with E-state index in [0.29, 0.717) is 28.0 Å². The zero-order valence-electron chi connectivity index (χ0n) is 19.0. The lowest BCUT2D eigenvalue weighted by molar-refractivity contribution is 0.0913. The Bertz CT molecular complexity index is 1400. The number of halogens is 2. The predicted octanol–water partition coefficient (Wildman–Crippen LogP) is 4.90. The lowest BCUT2D eigenvalue weighted by Crippen LogP contribution is -2.16. The van der Waals surface area contributed by atoms with E-state index in [0.717, 1.165) is 23.7 Å². The van der Waals surface area contributed by atoms with Crippen LogP contribution >= 0.6 is 11.6 Å². The number of ether oxygens (including phenoxy) is 1. The Hall–Kier alpha value is -3.42. The fourth-order valence-electron chi connectivity index (χ4n) is 4.01. The Morgan fingerprint density at radius 1 is 1.06 bits per heavy atom. The van der Waals surface area contributed by atoms with Gasteiger partial charge in [0.15, 0.2) is 6.61 Å². The van der Waals surface area contributed by atoms with E-state index in [2.05, 4.69) is 4.90 Å². The molecule has 176 valence electrons. The number of Topliss-reactive ketones (excluding diaryl/α,β-unsaturated/α-hetero) is 1. The molecule has 0 saturated heterocycles. The van der Waals surface area contributed by atoms with Crippen LogP contribution in [0.1, 0.15) is 27.1 Å². The molecule has 0 radical (unpaired) electrons. The van der Waals surface area contributed by atoms with E-state index in [4.69, 9.17) is 22.1 Å². The summed E-state index contributed by atoms with van der Waals surface area (Å²) in [5.41, 5.74) is 6.80. The van der Waals surface area contributed by atoms with Gasteiger partial charge in [0.25, 0.3) is 5.91 Å². The van der Waals surface area contributed by atoms with Crippen molar-refractivity contribution < 1.29 is 18.7 Å². The fraction of sp³-hybridized carbons (Fsp3) is 0.231. The van der Waals surface area contributed by atoms with Gasteiger partial charge in [-0.1, -0.05) is 17.7 Å². The number of hydrogen-bond donors (Lipinski definition) is 1. The van der Waals surface area contributed by atoms with Crippen LogP contribution in [0, 0.1) is 5.82 Å². The maximum atomic E-state index is 13.9. The summed E-state index contributed by atoms with van der Waals surface area (Å²) >= 11 is 6.05. The van der Waals surface area contributed by atoms with Crippen molar-refractivity contribution in [3.05, 3.63) is 76.7 Å². The van der Waals surface area contributed by atoms with Gasteiger partial charge in [0.1, 0.15) is 11.6 Å². The zero-order chi connectivity index (χ0) is 24.4. The molecule has 1 aromatic heterocycles. The highest BCUT2D eigenvalue weighted by Crippen LogP contribution is 2.29. The Morgan fingerprint density at radius 3 is 2.59 bits per heavy atom. The molecule has 0 fully saturated rings. The van der Waals surface area contributed by atoms with Gasteiger partial charge in [-0.3, -0.25) is 9.59 Å². The number of hydrogen-bond acceptors (Lipinski definition) is 4. The number of fused-ring (bicyclic) bond motifs is 2. The van der Waals surface area contributed by atoms with Crippen molar-refractivity contribution in [2.24, 2.45) is 5.73 Å². The zero-order valence-corrected chi connectivity index (χ0v) is 19.7. The van der Waals surface area contributed by atoms with Gasteiger partial charge in [-0.15, -0.1) is 0 Å². The molecule has 0 atom stereocenters. The van der Waals surface area contributed by atoms with Gasteiger partial charge in [0, 0.05) is 28.7 Å². The molecule has 0 saturated carbocycles. The molecule has 0 aliphatic rings. The van der Waals surface area contributed by atoms with Crippen molar-refractivity contribution in [3.63, 3.8) is 0 Å². The van der Waals surface area contributed by atoms with Gasteiger partial charge in [-0.2, -0.15) is 0 Å². The SMILES string of the molecule is CN(C)CCCn1cc(C(=O)COc2cc3ccc(Cl)cc3cc2C(N)=O)c2ccc(F)cc21. The monoisotopic (exact) mass is 481 g/mol. The van der Waals surface area contributed by atoms with Gasteiger partial charge in [-0.25, -0.2) is 4.39 Å². The Morgan fingerprint density at radius 2 is 1.85 bits per heavy atom. The van der Waals surface area contributed by atoms with Crippen LogP contribution in [-0.4, -0.2) is 48.4 Å². The number of nitrogens with two attached hydrogens (primary N) is 1. The molecule has 3 aromatic carbocycles. The number of primary amides is 1. The highest BCUT2D eigenvalue weighted by molar-refractivity contribution is 6.31. The Kier molecular flexibility index (Phi) is 6.86. The highest BCUT2D eigenvalue weighted by atomic mass is 35.5. The van der Waals surface area contributed by atoms with Gasteiger partial charge < -0.3 is 19.9 Å². The molecule has 34 heavy (non-hydrogen) atoms. The van der Waals surface area contributed by atoms with E-state index in [1.54, 1.807) is 42.6 Å². The second-order valence-electron chi connectivity index (χ2n) is 8.47. The minimum absolute atomic E-state index is 0.163. The van der Waals surface area contributed by atoms with Crippen molar-refractivity contribution in [1.82, 2.24) is 9.47 Å². The van der Waals surface area contributed by atoms with Crippen molar-refractivity contribution in [1.29, 1.82) is 0 Å². The third-order valence-electron chi connectivity index (χ3n) is 5.67. The van der Waals surface area contributed by atoms with E-state index in [1.165, 1.54) is 12.1 Å². The Balaban J connectivity index is 1.61. The molecule has 4 aromatic rings. The normalized spacial score (nSPS) is 11.4. The first-order chi connectivity index (χ1) is 16.2. The van der Waals surface area contributed by atoms with E-state index in [-0.39, 0.29) is 29.5 Å². The molecule has 0 aliphatic carbocycles. The van der Waals surface area contributed by atoms with Crippen LogP contribution in [0.15, 0.2) is 54.7 Å². The van der Waals surface area contributed by atoms with Gasteiger partial charge in [0.05, 0.1) is 11.1 Å². The number of carbonyl (C=O) groups excluding carboxylic acids is 2. The van der Waals surface area contributed by atoms with E-state index in [9.17, 15) is 14.0 Å². The molecule has 1 heterocycles. The number of rotatable bonds is 9. The van der Waals surface area contributed by atoms with Crippen molar-refractivity contribution in [2.45, 2.75) is 13.0 Å². The fourth-order valence-corrected chi connectivity index (χ4v) is 4.19. The molecule has 0 spiro atoms. The lowest BCUT2D eigenvalue weighted by atomic mass is 10.1. The number of nitrogens with zero attached hydrogens (tertiary/aromatic N) is 2. The summed E-state index contributed by atoms with van der Waals surface area (Å²) in [4.78, 5) is 27.2. The topological polar surface area (TPSA) is 77.6 Å². The third-order valence-corrected chi connectivity index (χ3v) is 5.91. The van der Waals surface area contributed by atoms with Gasteiger partial charge in [-0.05, 0) is 80.3 Å². The van der Waals surface area contributed by atoms with Crippen LogP contribution in [0.25, 0.3) is 21.7 Å². The first-order valence-electron chi connectivity index (χ1n) is 10.8. The van der Waals surface area contributed by atoms with E-state index >= 15 is 0 Å². The molecule has 0 bridgehead atoms. The summed E-state index contributed by atoms with van der Waals surface area (Å²) < 4.78 is 21.6. The average molecular weight is 482 g/mol. The standard InChI is InChI=1S/C26H25ClFN3O3/c1-30(2)8-3-9-31-14-22(20-7-6-19(28)13-23(20)31)24(32)15-34-25-12-16-4-5-18(27)10-17(16)11-21(25)26(29)33/h4-7,10-14H,3,8-9,15H2,1-2H3,(H2,29,33). The smallest absolute Gasteiger partial charge is 0.252 e. The van der Waals surface area contributed by atoms with Gasteiger partial charge >= 0.3 is 0 Å². The average Bonchev–Trinajstić information content (AvgIpc) is 3.14. The van der Waals surface area contributed by atoms with Crippen molar-refractivity contribution in [2.75, 3.05) is 27.2 Å². The van der Waals surface area contributed by atoms with E-state index < -0.39 is 5.91 Å². The minimum Gasteiger partial charge on any atom is -0.485 e. The molecule has 1 amide bonds. The molecule has 4 rings (SSSR count). The number of aryl methyl sites for hydroxylation is 1. The highest BCUT2D eigenvalue weighted by Gasteiger charge is 2.18. The predicted molar refractivity (Wildman–Crippen MR) is 132 cm³/mol. The summed E-state index contributed by atoms with van der Waals surface area (Å²) in [5, 5.41) is 2.72. The quantitative estimate of drug-likeness (QED) is 0.345. The summed E-state index contributed by atoms with van der Waals surface area (Å²) in [6.45, 7) is 1.21. The van der Waals surface area contributed by atoms with Crippen LogP contribution < -0.4 is 10.5 Å². The maximum Gasteiger partial charge on any atom is 0.252 e. The molecule has 2 N–H and O–H groups in total. The molecule has 6 nitrogen and oxygen atoms in total. The molecule has 0 unspecified atom stereocenters. The third kappa shape index (κ3) is 5.05. The number of amides is 1. The van der Waals surface area contributed by atoms with Crippen molar-refractivity contribution in [3.8, 4) is 5.75 Å². The number of ketones is 1. The second-order valence-corrected chi connectivity index (χ2v) is 8.91. The van der Waals surface area contributed by atoms with Crippen LogP contribution in [0.3, 0.4) is 0 Å². The van der Waals surface area contributed by atoms with Crippen LogP contribution in [0.4, 0.5) is 4.39 Å². The molecular formula is C26H25ClFN3O3. The maximum absolute atomic E-state index is 13.9. The molecular weight excluding hydrogens is 457 g/mol. The van der Waals surface area contributed by atoms with Crippen LogP contribution in [0.5, 0.6) is 5.75 Å². The second kappa shape index (κ2) is 9.83. The van der Waals surface area contributed by atoms with Gasteiger partial charge in [0.2, 0.25) is 5.78 Å². The van der Waals surface area contributed by atoms with Crippen LogP contribution in [-0.2, 0) is 6.54 Å². The molecule has 8 heteroatoms. The lowest BCUT2D eigenvalue weighted by Gasteiger charge is -2.11. The summed E-state index contributed by atoms with van der Waals surface area (Å²) in [6, 6.07) is 12.9. The number of aromatic nitrogens is 1. The largest absolute Gasteiger partial charge is 0.485 e. The molecule has 0 aliphatic heterocycles. The summed E-state index contributed by atoms with van der Waals surface area (Å²) in [5.74, 6) is -1.10. The first kappa shape index (κ1) is 23.7. The summed E-state index contributed by atoms with van der Waals surface area (Å²) in [6.07, 6.45) is 2.59. The number of benzene rings is 3. The Labute approximate surface area is 201 Å². The summed E-state index contributed by atoms with van der Waals surface area (Å²) in [7, 11) is 3.98. The van der Waals surface area contributed by atoms with E-state index in [1.807, 2.05) is 18.7 Å². The van der Waals surface area contributed by atoms with Crippen molar-refractivity contribution >= 4 is 45.0 Å². The number of carbonyl (C=O) groups is 2. The minimum atomic E-state index is -0.669. The first-order valence-corrected chi connectivity index (χ1v) is 11.2.